The average Bonchev–Trinajstić information content (AvgIpc) is 2.21. The second-order valence-corrected chi connectivity index (χ2v) is 4.17. The fourth-order valence-corrected chi connectivity index (χ4v) is 1.82. The first-order valence-corrected chi connectivity index (χ1v) is 5.57. The van der Waals surface area contributed by atoms with Crippen molar-refractivity contribution >= 4 is 12.4 Å². The van der Waals surface area contributed by atoms with Crippen molar-refractivity contribution in [2.24, 2.45) is 5.73 Å². The van der Waals surface area contributed by atoms with E-state index in [0.29, 0.717) is 0 Å². The Morgan fingerprint density at radius 2 is 1.94 bits per heavy atom. The molecular formula is C13H22ClNO. The molecule has 0 radical (unpaired) electrons. The third-order valence-electron chi connectivity index (χ3n) is 3.00. The van der Waals surface area contributed by atoms with Crippen LogP contribution in [0.1, 0.15) is 42.5 Å². The Kier molecular flexibility index (Phi) is 6.65. The van der Waals surface area contributed by atoms with Gasteiger partial charge in [0.25, 0.3) is 0 Å². The molecule has 0 amide bonds. The number of hydrogen-bond donors (Lipinski definition) is 2. The number of aliphatic hydroxyl groups excluding tert-OH is 1. The Labute approximate surface area is 104 Å². The zero-order valence-electron chi connectivity index (χ0n) is 10.2. The van der Waals surface area contributed by atoms with Crippen molar-refractivity contribution in [1.82, 2.24) is 0 Å². The number of rotatable bonds is 4. The quantitative estimate of drug-likeness (QED) is 0.854. The summed E-state index contributed by atoms with van der Waals surface area (Å²) in [6, 6.07) is 5.81. The molecule has 92 valence electrons. The Hall–Kier alpha value is -0.570. The van der Waals surface area contributed by atoms with Crippen LogP contribution >= 0.6 is 12.4 Å². The first-order valence-electron chi connectivity index (χ1n) is 5.57. The highest BCUT2D eigenvalue weighted by Gasteiger charge is 2.17. The fraction of sp³-hybridized carbons (Fsp3) is 0.538. The number of halogens is 1. The largest absolute Gasteiger partial charge is 0.391 e. The Bertz CT molecular complexity index is 328. The Morgan fingerprint density at radius 3 is 2.50 bits per heavy atom. The normalized spacial score (nSPS) is 14.1. The highest BCUT2D eigenvalue weighted by atomic mass is 35.5. The van der Waals surface area contributed by atoms with E-state index in [9.17, 15) is 5.11 Å². The topological polar surface area (TPSA) is 46.2 Å². The summed E-state index contributed by atoms with van der Waals surface area (Å²) < 4.78 is 0. The lowest BCUT2D eigenvalue weighted by atomic mass is 9.93. The molecule has 1 rings (SSSR count). The molecule has 0 unspecified atom stereocenters. The van der Waals surface area contributed by atoms with Crippen LogP contribution in [0.15, 0.2) is 18.2 Å². The van der Waals surface area contributed by atoms with Gasteiger partial charge in [-0.25, -0.2) is 0 Å². The highest BCUT2D eigenvalue weighted by molar-refractivity contribution is 5.85. The predicted octanol–water partition coefficient (Wildman–Crippen LogP) is 2.89. The summed E-state index contributed by atoms with van der Waals surface area (Å²) >= 11 is 0. The Morgan fingerprint density at radius 1 is 1.31 bits per heavy atom. The van der Waals surface area contributed by atoms with E-state index >= 15 is 0 Å². The summed E-state index contributed by atoms with van der Waals surface area (Å²) in [5, 5.41) is 9.86. The van der Waals surface area contributed by atoms with Gasteiger partial charge in [-0.1, -0.05) is 31.5 Å². The summed E-state index contributed by atoms with van der Waals surface area (Å²) in [7, 11) is 0. The molecule has 0 bridgehead atoms. The van der Waals surface area contributed by atoms with Gasteiger partial charge in [-0.15, -0.1) is 12.4 Å². The number of nitrogens with two attached hydrogens (primary N) is 1. The molecule has 16 heavy (non-hydrogen) atoms. The summed E-state index contributed by atoms with van der Waals surface area (Å²) in [6.07, 6.45) is 1.28. The molecule has 2 nitrogen and oxygen atoms in total. The zero-order chi connectivity index (χ0) is 11.4. The second-order valence-electron chi connectivity index (χ2n) is 4.17. The maximum atomic E-state index is 9.86. The third kappa shape index (κ3) is 3.48. The highest BCUT2D eigenvalue weighted by Crippen LogP contribution is 2.22. The van der Waals surface area contributed by atoms with Gasteiger partial charge in [0.2, 0.25) is 0 Å². The minimum absolute atomic E-state index is 0. The van der Waals surface area contributed by atoms with Gasteiger partial charge >= 0.3 is 0 Å². The fourth-order valence-electron chi connectivity index (χ4n) is 1.82. The van der Waals surface area contributed by atoms with E-state index in [2.05, 4.69) is 26.8 Å². The van der Waals surface area contributed by atoms with E-state index in [4.69, 9.17) is 5.73 Å². The van der Waals surface area contributed by atoms with Crippen LogP contribution in [0.2, 0.25) is 0 Å². The van der Waals surface area contributed by atoms with Gasteiger partial charge in [-0.3, -0.25) is 0 Å². The van der Waals surface area contributed by atoms with E-state index in [-0.39, 0.29) is 18.4 Å². The predicted molar refractivity (Wildman–Crippen MR) is 71.0 cm³/mol. The minimum atomic E-state index is -0.435. The first kappa shape index (κ1) is 15.4. The van der Waals surface area contributed by atoms with Gasteiger partial charge in [0.1, 0.15) is 0 Å². The van der Waals surface area contributed by atoms with E-state index in [1.165, 1.54) is 11.1 Å². The van der Waals surface area contributed by atoms with Crippen molar-refractivity contribution < 1.29 is 5.11 Å². The number of benzene rings is 1. The molecule has 0 saturated carbocycles. The second kappa shape index (κ2) is 6.89. The van der Waals surface area contributed by atoms with Crippen molar-refractivity contribution in [2.45, 2.75) is 45.8 Å². The zero-order valence-corrected chi connectivity index (χ0v) is 11.1. The standard InChI is InChI=1S/C13H21NO.ClH/c1-4-6-12(15)13(14)11-8-5-7-9(2)10(11)3;/h5,7-8,12-13,15H,4,6,14H2,1-3H3;1H/t12-,13+;/m0./s1. The molecule has 3 N–H and O–H groups in total. The maximum Gasteiger partial charge on any atom is 0.0732 e. The van der Waals surface area contributed by atoms with Crippen molar-refractivity contribution in [2.75, 3.05) is 0 Å². The molecular weight excluding hydrogens is 222 g/mol. The van der Waals surface area contributed by atoms with Crippen LogP contribution in [-0.4, -0.2) is 11.2 Å². The van der Waals surface area contributed by atoms with Crippen molar-refractivity contribution in [1.29, 1.82) is 0 Å². The number of hydrogen-bond acceptors (Lipinski definition) is 2. The van der Waals surface area contributed by atoms with Gasteiger partial charge in [-0.2, -0.15) is 0 Å². The summed E-state index contributed by atoms with van der Waals surface area (Å²) in [6.45, 7) is 6.18. The molecule has 0 aliphatic carbocycles. The molecule has 1 aromatic carbocycles. The molecule has 3 heteroatoms. The SMILES string of the molecule is CCC[C@H](O)[C@H](N)c1cccc(C)c1C.Cl. The van der Waals surface area contributed by atoms with E-state index in [1.807, 2.05) is 12.1 Å². The third-order valence-corrected chi connectivity index (χ3v) is 3.00. The van der Waals surface area contributed by atoms with Crippen LogP contribution in [0.4, 0.5) is 0 Å². The van der Waals surface area contributed by atoms with Gasteiger partial charge < -0.3 is 10.8 Å². The smallest absolute Gasteiger partial charge is 0.0732 e. The molecule has 0 saturated heterocycles. The lowest BCUT2D eigenvalue weighted by Gasteiger charge is -2.21. The van der Waals surface area contributed by atoms with Gasteiger partial charge in [0.05, 0.1) is 12.1 Å². The van der Waals surface area contributed by atoms with Crippen molar-refractivity contribution in [3.05, 3.63) is 34.9 Å². The van der Waals surface area contributed by atoms with Crippen LogP contribution in [0.25, 0.3) is 0 Å². The van der Waals surface area contributed by atoms with Crippen LogP contribution in [-0.2, 0) is 0 Å². The van der Waals surface area contributed by atoms with Gasteiger partial charge in [-0.05, 0) is 37.0 Å². The summed E-state index contributed by atoms with van der Waals surface area (Å²) in [4.78, 5) is 0. The molecule has 0 aromatic heterocycles. The van der Waals surface area contributed by atoms with Crippen LogP contribution in [0, 0.1) is 13.8 Å². The van der Waals surface area contributed by atoms with E-state index in [1.54, 1.807) is 0 Å². The molecule has 1 aromatic rings. The van der Waals surface area contributed by atoms with Crippen LogP contribution < -0.4 is 5.73 Å². The number of aryl methyl sites for hydroxylation is 1. The lowest BCUT2D eigenvalue weighted by molar-refractivity contribution is 0.134. The number of aliphatic hydroxyl groups is 1. The molecule has 0 fully saturated rings. The van der Waals surface area contributed by atoms with Gasteiger partial charge in [0.15, 0.2) is 0 Å². The first-order chi connectivity index (χ1) is 7.07. The minimum Gasteiger partial charge on any atom is -0.391 e. The van der Waals surface area contributed by atoms with Crippen LogP contribution in [0.5, 0.6) is 0 Å². The average molecular weight is 244 g/mol. The molecule has 0 spiro atoms. The monoisotopic (exact) mass is 243 g/mol. The maximum absolute atomic E-state index is 9.86. The molecule has 0 aliphatic rings. The Balaban J connectivity index is 0.00000225. The van der Waals surface area contributed by atoms with E-state index < -0.39 is 6.10 Å². The molecule has 0 heterocycles. The van der Waals surface area contributed by atoms with E-state index in [0.717, 1.165) is 18.4 Å². The lowest BCUT2D eigenvalue weighted by Crippen LogP contribution is -2.26. The van der Waals surface area contributed by atoms with Crippen LogP contribution in [0.3, 0.4) is 0 Å². The van der Waals surface area contributed by atoms with Crippen molar-refractivity contribution in [3.8, 4) is 0 Å². The molecule has 2 atom stereocenters. The summed E-state index contributed by atoms with van der Waals surface area (Å²) in [5.74, 6) is 0. The summed E-state index contributed by atoms with van der Waals surface area (Å²) in [5.41, 5.74) is 9.53. The van der Waals surface area contributed by atoms with Gasteiger partial charge in [0, 0.05) is 0 Å². The van der Waals surface area contributed by atoms with Crippen molar-refractivity contribution in [3.63, 3.8) is 0 Å². The molecule has 0 aliphatic heterocycles.